The third kappa shape index (κ3) is 5.67. The van der Waals surface area contributed by atoms with Gasteiger partial charge in [0.2, 0.25) is 17.7 Å². The van der Waals surface area contributed by atoms with E-state index < -0.39 is 12.2 Å². The molecule has 1 saturated carbocycles. The fraction of sp³-hybridized carbons (Fsp3) is 0.517. The molecule has 1 unspecified atom stereocenters. The fourth-order valence-electron chi connectivity index (χ4n) is 6.17. The molecule has 3 heterocycles. The van der Waals surface area contributed by atoms with Crippen LogP contribution in [0.3, 0.4) is 0 Å². The van der Waals surface area contributed by atoms with Crippen molar-refractivity contribution in [1.82, 2.24) is 24.8 Å². The number of pyridine rings is 1. The number of amides is 3. The molecule has 202 valence electrons. The topological polar surface area (TPSA) is 97.3 Å². The molecule has 1 N–H and O–H groups in total. The Morgan fingerprint density at radius 1 is 1.05 bits per heavy atom. The van der Waals surface area contributed by atoms with Gasteiger partial charge in [-0.05, 0) is 42.2 Å². The Morgan fingerprint density at radius 3 is 2.53 bits per heavy atom. The molecule has 2 atom stereocenters. The molecule has 9 nitrogen and oxygen atoms in total. The molecule has 3 fully saturated rings. The highest BCUT2D eigenvalue weighted by Crippen LogP contribution is 2.31. The number of aromatic nitrogens is 1. The second kappa shape index (κ2) is 11.5. The lowest BCUT2D eigenvalue weighted by Gasteiger charge is -2.54. The molecule has 1 aliphatic carbocycles. The van der Waals surface area contributed by atoms with E-state index in [1.54, 1.807) is 57.3 Å². The summed E-state index contributed by atoms with van der Waals surface area (Å²) in [5.74, 6) is 0.396. The number of benzene rings is 1. The SMILES string of the molecule is CN1CC(=O)N2C(CN(Cc3ccccn3)C(=O)[C@@H]2Cc2ccc(O)cc2)N1C(=O)CCC1CCCCC1. The van der Waals surface area contributed by atoms with Gasteiger partial charge in [0, 0.05) is 26.1 Å². The van der Waals surface area contributed by atoms with Gasteiger partial charge in [-0.25, -0.2) is 5.01 Å². The van der Waals surface area contributed by atoms with Gasteiger partial charge >= 0.3 is 0 Å². The number of phenolic OH excluding ortho intramolecular Hbond substituents is 1. The zero-order chi connectivity index (χ0) is 26.6. The first-order valence-electron chi connectivity index (χ1n) is 13.7. The van der Waals surface area contributed by atoms with Crippen LogP contribution in [0.15, 0.2) is 48.7 Å². The molecule has 9 heteroatoms. The van der Waals surface area contributed by atoms with E-state index in [1.165, 1.54) is 32.1 Å². The van der Waals surface area contributed by atoms with Crippen molar-refractivity contribution in [2.75, 3.05) is 20.1 Å². The van der Waals surface area contributed by atoms with Crippen molar-refractivity contribution >= 4 is 17.7 Å². The summed E-state index contributed by atoms with van der Waals surface area (Å²) in [6.07, 6.45) is 8.81. The summed E-state index contributed by atoms with van der Waals surface area (Å²) in [6.45, 7) is 0.579. The molecule has 1 aromatic carbocycles. The highest BCUT2D eigenvalue weighted by atomic mass is 16.3. The number of carbonyl (C=O) groups excluding carboxylic acids is 3. The molecule has 0 radical (unpaired) electrons. The fourth-order valence-corrected chi connectivity index (χ4v) is 6.17. The Kier molecular flexibility index (Phi) is 7.93. The number of fused-ring (bicyclic) bond motifs is 1. The maximum absolute atomic E-state index is 13.8. The number of rotatable bonds is 7. The van der Waals surface area contributed by atoms with Crippen molar-refractivity contribution in [1.29, 1.82) is 0 Å². The first-order valence-corrected chi connectivity index (χ1v) is 13.7. The summed E-state index contributed by atoms with van der Waals surface area (Å²) in [7, 11) is 1.78. The molecule has 1 aromatic heterocycles. The van der Waals surface area contributed by atoms with Gasteiger partial charge in [-0.1, -0.05) is 50.3 Å². The van der Waals surface area contributed by atoms with Crippen molar-refractivity contribution < 1.29 is 19.5 Å². The summed E-state index contributed by atoms with van der Waals surface area (Å²) in [5.41, 5.74) is 1.59. The molecule has 2 aliphatic heterocycles. The second-order valence-corrected chi connectivity index (χ2v) is 10.8. The first-order chi connectivity index (χ1) is 18.4. The third-order valence-electron chi connectivity index (χ3n) is 8.13. The Bertz CT molecular complexity index is 1140. The van der Waals surface area contributed by atoms with Crippen LogP contribution in [0, 0.1) is 5.92 Å². The summed E-state index contributed by atoms with van der Waals surface area (Å²) in [5, 5.41) is 13.2. The molecule has 38 heavy (non-hydrogen) atoms. The number of hydrogen-bond donors (Lipinski definition) is 1. The minimum atomic E-state index is -0.753. The Balaban J connectivity index is 1.42. The lowest BCUT2D eigenvalue weighted by Crippen LogP contribution is -2.75. The van der Waals surface area contributed by atoms with E-state index in [1.807, 2.05) is 18.2 Å². The van der Waals surface area contributed by atoms with Crippen LogP contribution in [-0.4, -0.2) is 80.0 Å². The van der Waals surface area contributed by atoms with Gasteiger partial charge in [0.25, 0.3) is 0 Å². The van der Waals surface area contributed by atoms with Gasteiger partial charge in [0.05, 0.1) is 25.3 Å². The smallest absolute Gasteiger partial charge is 0.246 e. The van der Waals surface area contributed by atoms with Crippen LogP contribution in [0.2, 0.25) is 0 Å². The normalized spacial score (nSPS) is 23.0. The van der Waals surface area contributed by atoms with Crippen LogP contribution in [0.5, 0.6) is 5.75 Å². The summed E-state index contributed by atoms with van der Waals surface area (Å²) in [6, 6.07) is 11.5. The predicted octanol–water partition coefficient (Wildman–Crippen LogP) is 2.94. The van der Waals surface area contributed by atoms with Crippen molar-refractivity contribution in [3.63, 3.8) is 0 Å². The molecule has 2 saturated heterocycles. The third-order valence-corrected chi connectivity index (χ3v) is 8.13. The minimum Gasteiger partial charge on any atom is -0.508 e. The van der Waals surface area contributed by atoms with Gasteiger partial charge in [-0.15, -0.1) is 0 Å². The van der Waals surface area contributed by atoms with Crippen molar-refractivity contribution in [3.8, 4) is 5.75 Å². The average molecular weight is 520 g/mol. The van der Waals surface area contributed by atoms with Crippen LogP contribution in [0.25, 0.3) is 0 Å². The van der Waals surface area contributed by atoms with E-state index in [4.69, 9.17) is 0 Å². The number of phenols is 1. The number of carbonyl (C=O) groups is 3. The summed E-state index contributed by atoms with van der Waals surface area (Å²) in [4.78, 5) is 48.6. The van der Waals surface area contributed by atoms with E-state index >= 15 is 0 Å². The van der Waals surface area contributed by atoms with Crippen LogP contribution in [0.4, 0.5) is 0 Å². The number of piperazine rings is 1. The van der Waals surface area contributed by atoms with Gasteiger partial charge in [0.15, 0.2) is 0 Å². The van der Waals surface area contributed by atoms with Crippen molar-refractivity contribution in [2.45, 2.75) is 70.1 Å². The number of hydrazine groups is 1. The Morgan fingerprint density at radius 2 is 1.82 bits per heavy atom. The maximum atomic E-state index is 13.8. The van der Waals surface area contributed by atoms with Gasteiger partial charge < -0.3 is 14.9 Å². The van der Waals surface area contributed by atoms with Gasteiger partial charge in [-0.2, -0.15) is 0 Å². The summed E-state index contributed by atoms with van der Waals surface area (Å²) >= 11 is 0. The molecule has 5 rings (SSSR count). The number of nitrogens with zero attached hydrogens (tertiary/aromatic N) is 5. The maximum Gasteiger partial charge on any atom is 0.246 e. The van der Waals surface area contributed by atoms with Crippen LogP contribution in [0.1, 0.15) is 56.2 Å². The number of aromatic hydroxyl groups is 1. The van der Waals surface area contributed by atoms with Crippen molar-refractivity contribution in [2.24, 2.45) is 5.92 Å². The predicted molar refractivity (Wildman–Crippen MR) is 141 cm³/mol. The molecule has 3 aliphatic rings. The second-order valence-electron chi connectivity index (χ2n) is 10.8. The van der Waals surface area contributed by atoms with Crippen LogP contribution < -0.4 is 0 Å². The van der Waals surface area contributed by atoms with Crippen LogP contribution >= 0.6 is 0 Å². The largest absolute Gasteiger partial charge is 0.508 e. The molecule has 2 aromatic rings. The average Bonchev–Trinajstić information content (AvgIpc) is 2.92. The molecular formula is C29H37N5O4. The lowest BCUT2D eigenvalue weighted by molar-refractivity contribution is -0.203. The minimum absolute atomic E-state index is 0.00362. The zero-order valence-corrected chi connectivity index (χ0v) is 22.0. The monoisotopic (exact) mass is 519 g/mol. The summed E-state index contributed by atoms with van der Waals surface area (Å²) < 4.78 is 0. The van der Waals surface area contributed by atoms with E-state index in [0.29, 0.717) is 25.3 Å². The molecule has 0 spiro atoms. The molecule has 0 bridgehead atoms. The van der Waals surface area contributed by atoms with E-state index in [0.717, 1.165) is 17.7 Å². The van der Waals surface area contributed by atoms with E-state index in [-0.39, 0.29) is 36.6 Å². The highest BCUT2D eigenvalue weighted by molar-refractivity contribution is 5.91. The van der Waals surface area contributed by atoms with E-state index in [9.17, 15) is 19.5 Å². The van der Waals surface area contributed by atoms with Crippen LogP contribution in [-0.2, 0) is 27.3 Å². The van der Waals surface area contributed by atoms with Gasteiger partial charge in [0.1, 0.15) is 18.0 Å². The Labute approximate surface area is 224 Å². The lowest BCUT2D eigenvalue weighted by atomic mass is 9.86. The zero-order valence-electron chi connectivity index (χ0n) is 22.0. The Hall–Kier alpha value is -3.46. The molecule has 3 amide bonds. The number of hydrogen-bond acceptors (Lipinski definition) is 6. The number of likely N-dealkylation sites (N-methyl/N-ethyl adjacent to an activating group) is 1. The standard InChI is InChI=1S/C29H37N5O4/c1-31-20-28(37)33-25(17-22-10-13-24(35)14-11-22)29(38)32(18-23-9-5-6-16-30-23)19-26(33)34(31)27(36)15-12-21-7-3-2-4-8-21/h5-6,9-11,13-14,16,21,25-26,35H,2-4,7-8,12,15,17-20H2,1H3/t25-,26?/m0/s1. The highest BCUT2D eigenvalue weighted by Gasteiger charge is 2.50. The van der Waals surface area contributed by atoms with Crippen molar-refractivity contribution in [3.05, 3.63) is 59.9 Å². The quantitative estimate of drug-likeness (QED) is 0.604. The first kappa shape index (κ1) is 26.2. The van der Waals surface area contributed by atoms with E-state index in [2.05, 4.69) is 4.98 Å². The molecular weight excluding hydrogens is 482 g/mol. The van der Waals surface area contributed by atoms with Gasteiger partial charge in [-0.3, -0.25) is 24.4 Å².